The number of rotatable bonds is 4. The number of aromatic nitrogens is 2. The van der Waals surface area contributed by atoms with Crippen LogP contribution in [0.1, 0.15) is 16.8 Å². The second-order valence-electron chi connectivity index (χ2n) is 5.82. The van der Waals surface area contributed by atoms with Crippen LogP contribution in [0.4, 0.5) is 5.69 Å². The molecule has 0 fully saturated rings. The van der Waals surface area contributed by atoms with Gasteiger partial charge in [0.25, 0.3) is 11.2 Å². The van der Waals surface area contributed by atoms with Crippen LogP contribution >= 0.6 is 0 Å². The van der Waals surface area contributed by atoms with E-state index >= 15 is 0 Å². The molecule has 0 aliphatic rings. The van der Waals surface area contributed by atoms with Gasteiger partial charge in [-0.3, -0.25) is 19.6 Å². The SMILES string of the molecule is Cn1c(C#N)c(/C=C(\C#N)c2ccc([N+](=O)[O-])cc2)c(=O)n1-c1ccccc1. The normalized spacial score (nSPS) is 10.9. The highest BCUT2D eigenvalue weighted by molar-refractivity contribution is 5.90. The number of benzene rings is 2. The third-order valence-electron chi connectivity index (χ3n) is 4.21. The Morgan fingerprint density at radius 3 is 2.29 bits per heavy atom. The summed E-state index contributed by atoms with van der Waals surface area (Å²) in [4.78, 5) is 23.2. The number of nitro groups is 1. The zero-order valence-electron chi connectivity index (χ0n) is 14.7. The Labute approximate surface area is 159 Å². The van der Waals surface area contributed by atoms with E-state index in [1.165, 1.54) is 39.7 Å². The molecule has 0 radical (unpaired) electrons. The van der Waals surface area contributed by atoms with E-state index in [0.29, 0.717) is 11.3 Å². The minimum Gasteiger partial charge on any atom is -0.270 e. The van der Waals surface area contributed by atoms with Crippen LogP contribution < -0.4 is 5.56 Å². The molecule has 0 N–H and O–H groups in total. The Hall–Kier alpha value is -4.43. The Morgan fingerprint density at radius 2 is 1.75 bits per heavy atom. The Kier molecular flexibility index (Phi) is 4.88. The summed E-state index contributed by atoms with van der Waals surface area (Å²) < 4.78 is 2.77. The molecule has 0 unspecified atom stereocenters. The maximum atomic E-state index is 12.9. The van der Waals surface area contributed by atoms with Gasteiger partial charge in [0.2, 0.25) is 0 Å². The van der Waals surface area contributed by atoms with Crippen molar-refractivity contribution in [1.82, 2.24) is 9.36 Å². The molecule has 0 saturated carbocycles. The molecule has 0 bridgehead atoms. The first kappa shape index (κ1) is 18.4. The van der Waals surface area contributed by atoms with Crippen LogP contribution in [0.25, 0.3) is 17.3 Å². The first-order valence-corrected chi connectivity index (χ1v) is 8.12. The number of allylic oxidation sites excluding steroid dienone is 1. The van der Waals surface area contributed by atoms with Gasteiger partial charge in [-0.05, 0) is 35.9 Å². The molecule has 28 heavy (non-hydrogen) atoms. The molecule has 0 atom stereocenters. The van der Waals surface area contributed by atoms with Crippen molar-refractivity contribution >= 4 is 17.3 Å². The van der Waals surface area contributed by atoms with Crippen molar-refractivity contribution in [2.24, 2.45) is 7.05 Å². The number of hydrogen-bond donors (Lipinski definition) is 0. The number of para-hydroxylation sites is 1. The van der Waals surface area contributed by atoms with Crippen molar-refractivity contribution < 1.29 is 4.92 Å². The average molecular weight is 371 g/mol. The fourth-order valence-electron chi connectivity index (χ4n) is 2.84. The Balaban J connectivity index is 2.18. The van der Waals surface area contributed by atoms with Gasteiger partial charge >= 0.3 is 0 Å². The van der Waals surface area contributed by atoms with Crippen molar-refractivity contribution in [2.75, 3.05) is 0 Å². The van der Waals surface area contributed by atoms with E-state index in [2.05, 4.69) is 0 Å². The van der Waals surface area contributed by atoms with Crippen molar-refractivity contribution in [1.29, 1.82) is 10.5 Å². The zero-order chi connectivity index (χ0) is 20.3. The van der Waals surface area contributed by atoms with Gasteiger partial charge in [0.05, 0.1) is 27.8 Å². The van der Waals surface area contributed by atoms with Gasteiger partial charge in [0, 0.05) is 19.2 Å². The van der Waals surface area contributed by atoms with Crippen LogP contribution in [0.3, 0.4) is 0 Å². The lowest BCUT2D eigenvalue weighted by Gasteiger charge is -2.06. The Bertz CT molecular complexity index is 1220. The minimum absolute atomic E-state index is 0.0729. The van der Waals surface area contributed by atoms with Gasteiger partial charge in [0.15, 0.2) is 0 Å². The molecule has 0 spiro atoms. The molecule has 3 aromatic rings. The number of nitriles is 2. The first-order valence-electron chi connectivity index (χ1n) is 8.12. The topological polar surface area (TPSA) is 118 Å². The molecule has 1 aromatic heterocycles. The molecule has 3 rings (SSSR count). The maximum absolute atomic E-state index is 12.9. The average Bonchev–Trinajstić information content (AvgIpc) is 2.95. The lowest BCUT2D eigenvalue weighted by Crippen LogP contribution is -2.20. The molecular formula is C20H13N5O3. The van der Waals surface area contributed by atoms with Gasteiger partial charge in [0.1, 0.15) is 11.8 Å². The van der Waals surface area contributed by atoms with Crippen LogP contribution in [-0.4, -0.2) is 14.3 Å². The van der Waals surface area contributed by atoms with Gasteiger partial charge in [-0.1, -0.05) is 18.2 Å². The van der Waals surface area contributed by atoms with E-state index in [1.54, 1.807) is 31.3 Å². The van der Waals surface area contributed by atoms with Crippen molar-refractivity contribution in [3.8, 4) is 17.8 Å². The summed E-state index contributed by atoms with van der Waals surface area (Å²) in [7, 11) is 1.59. The Morgan fingerprint density at radius 1 is 1.11 bits per heavy atom. The lowest BCUT2D eigenvalue weighted by molar-refractivity contribution is -0.384. The standard InChI is InChI=1S/C20H13N5O3/c1-23-19(13-22)18(20(26)24(23)16-5-3-2-4-6-16)11-15(12-21)14-7-9-17(10-8-14)25(27)28/h2-11H,1H3/b15-11+. The van der Waals surface area contributed by atoms with Gasteiger partial charge in [-0.15, -0.1) is 0 Å². The molecule has 0 aliphatic heterocycles. The molecule has 2 aromatic carbocycles. The predicted octanol–water partition coefficient (Wildman–Crippen LogP) is 3.02. The number of nitro benzene ring substituents is 1. The van der Waals surface area contributed by atoms with Gasteiger partial charge < -0.3 is 0 Å². The highest BCUT2D eigenvalue weighted by Gasteiger charge is 2.18. The van der Waals surface area contributed by atoms with E-state index in [1.807, 2.05) is 18.2 Å². The molecule has 8 heteroatoms. The van der Waals surface area contributed by atoms with Crippen LogP contribution in [0.5, 0.6) is 0 Å². The van der Waals surface area contributed by atoms with E-state index in [9.17, 15) is 25.4 Å². The first-order chi connectivity index (χ1) is 13.5. The second kappa shape index (κ2) is 7.44. The minimum atomic E-state index is -0.539. The van der Waals surface area contributed by atoms with Gasteiger partial charge in [-0.25, -0.2) is 4.68 Å². The third kappa shape index (κ3) is 3.18. The second-order valence-corrected chi connectivity index (χ2v) is 5.82. The summed E-state index contributed by atoms with van der Waals surface area (Å²) in [6, 6.07) is 18.2. The molecule has 1 heterocycles. The van der Waals surface area contributed by atoms with Crippen molar-refractivity contribution in [3.05, 3.63) is 91.9 Å². The van der Waals surface area contributed by atoms with E-state index < -0.39 is 10.5 Å². The zero-order valence-corrected chi connectivity index (χ0v) is 14.7. The van der Waals surface area contributed by atoms with E-state index in [4.69, 9.17) is 0 Å². The quantitative estimate of drug-likeness (QED) is 0.397. The third-order valence-corrected chi connectivity index (χ3v) is 4.21. The highest BCUT2D eigenvalue weighted by atomic mass is 16.6. The van der Waals surface area contributed by atoms with Crippen LogP contribution in [0.15, 0.2) is 59.4 Å². The predicted molar refractivity (Wildman–Crippen MR) is 102 cm³/mol. The molecule has 136 valence electrons. The molecule has 0 aliphatic carbocycles. The van der Waals surface area contributed by atoms with Crippen LogP contribution in [0, 0.1) is 32.8 Å². The summed E-state index contributed by atoms with van der Waals surface area (Å²) in [5.41, 5.74) is 0.734. The fourth-order valence-corrected chi connectivity index (χ4v) is 2.84. The molecule has 0 amide bonds. The fraction of sp³-hybridized carbons (Fsp3) is 0.0500. The lowest BCUT2D eigenvalue weighted by atomic mass is 10.0. The summed E-state index contributed by atoms with van der Waals surface area (Å²) in [6.45, 7) is 0. The molecular weight excluding hydrogens is 358 g/mol. The van der Waals surface area contributed by atoms with Crippen LogP contribution in [-0.2, 0) is 7.05 Å². The smallest absolute Gasteiger partial charge is 0.270 e. The largest absolute Gasteiger partial charge is 0.280 e. The van der Waals surface area contributed by atoms with Crippen LogP contribution in [0.2, 0.25) is 0 Å². The molecule has 0 saturated heterocycles. The summed E-state index contributed by atoms with van der Waals surface area (Å²) in [5.74, 6) is 0. The molecule has 8 nitrogen and oxygen atoms in total. The van der Waals surface area contributed by atoms with Crippen molar-refractivity contribution in [3.63, 3.8) is 0 Å². The number of non-ortho nitro benzene ring substituents is 1. The highest BCUT2D eigenvalue weighted by Crippen LogP contribution is 2.21. The maximum Gasteiger partial charge on any atom is 0.280 e. The van der Waals surface area contributed by atoms with Crippen molar-refractivity contribution in [2.45, 2.75) is 0 Å². The summed E-state index contributed by atoms with van der Waals surface area (Å²) >= 11 is 0. The summed E-state index contributed by atoms with van der Waals surface area (Å²) in [6.07, 6.45) is 1.33. The monoisotopic (exact) mass is 371 g/mol. The van der Waals surface area contributed by atoms with E-state index in [-0.39, 0.29) is 22.5 Å². The number of hydrogen-bond acceptors (Lipinski definition) is 5. The number of nitrogens with zero attached hydrogens (tertiary/aromatic N) is 5. The van der Waals surface area contributed by atoms with Gasteiger partial charge in [-0.2, -0.15) is 10.5 Å². The summed E-state index contributed by atoms with van der Waals surface area (Å²) in [5, 5.41) is 29.8. The van der Waals surface area contributed by atoms with E-state index in [0.717, 1.165) is 0 Å².